The van der Waals surface area contributed by atoms with Gasteiger partial charge in [-0.3, -0.25) is 0 Å². The van der Waals surface area contributed by atoms with Crippen molar-refractivity contribution in [2.75, 3.05) is 13.7 Å². The Kier molecular flexibility index (Phi) is 3.43. The van der Waals surface area contributed by atoms with E-state index in [1.807, 2.05) is 0 Å². The summed E-state index contributed by atoms with van der Waals surface area (Å²) in [7, 11) is 1.53. The molecule has 5 nitrogen and oxygen atoms in total. The van der Waals surface area contributed by atoms with Gasteiger partial charge in [0.25, 0.3) is 0 Å². The molecule has 0 aromatic carbocycles. The molecule has 1 aromatic heterocycles. The Bertz CT molecular complexity index is 479. The Morgan fingerprint density at radius 1 is 1.72 bits per heavy atom. The van der Waals surface area contributed by atoms with E-state index >= 15 is 0 Å². The van der Waals surface area contributed by atoms with Crippen LogP contribution in [0, 0.1) is 5.95 Å². The number of amides is 1. The Hall–Kier alpha value is -1.37. The highest BCUT2D eigenvalue weighted by Gasteiger charge is 2.49. The number of likely N-dealkylation sites (N-methyl/N-ethyl adjacent to an activating group) is 1. The fraction of sp³-hybridized carbons (Fsp3) is 0.455. The summed E-state index contributed by atoms with van der Waals surface area (Å²) in [5.74, 6) is -0.195. The van der Waals surface area contributed by atoms with Crippen LogP contribution in [0.4, 0.5) is 9.18 Å². The number of halogens is 2. The highest BCUT2D eigenvalue weighted by Crippen LogP contribution is 2.41. The zero-order chi connectivity index (χ0) is 13.3. The molecule has 0 aliphatic heterocycles. The van der Waals surface area contributed by atoms with Crippen LogP contribution < -0.4 is 4.74 Å². The van der Waals surface area contributed by atoms with Crippen molar-refractivity contribution in [3.63, 3.8) is 0 Å². The molecule has 1 saturated carbocycles. The van der Waals surface area contributed by atoms with Gasteiger partial charge in [0.15, 0.2) is 0 Å². The van der Waals surface area contributed by atoms with Gasteiger partial charge in [0.2, 0.25) is 5.95 Å². The molecule has 1 aliphatic carbocycles. The number of rotatable bonds is 4. The molecular weight excluding hydrogens is 307 g/mol. The molecule has 0 atom stereocenters. The number of carbonyl (C=O) groups is 1. The van der Waals surface area contributed by atoms with E-state index in [0.717, 1.165) is 12.8 Å². The van der Waals surface area contributed by atoms with Gasteiger partial charge in [0.05, 0.1) is 16.2 Å². The second kappa shape index (κ2) is 4.72. The van der Waals surface area contributed by atoms with Crippen LogP contribution in [0.3, 0.4) is 0 Å². The summed E-state index contributed by atoms with van der Waals surface area (Å²) < 4.78 is 18.6. The van der Waals surface area contributed by atoms with Gasteiger partial charge in [-0.25, -0.2) is 9.78 Å². The zero-order valence-corrected chi connectivity index (χ0v) is 11.3. The quantitative estimate of drug-likeness (QED) is 0.866. The predicted octanol–water partition coefficient (Wildman–Crippen LogP) is 2.50. The van der Waals surface area contributed by atoms with Crippen LogP contribution >= 0.6 is 15.9 Å². The third-order valence-corrected chi connectivity index (χ3v) is 3.66. The standard InChI is InChI=1S/C11H12BrFN2O3/c1-15(10(16)17)11(2-3-11)6-18-7-4-8(12)9(13)14-5-7/h4-5H,2-3,6H2,1H3,(H,16,17). The lowest BCUT2D eigenvalue weighted by Gasteiger charge is -2.25. The molecule has 2 rings (SSSR count). The molecule has 7 heteroatoms. The van der Waals surface area contributed by atoms with Crippen molar-refractivity contribution < 1.29 is 19.0 Å². The first-order valence-corrected chi connectivity index (χ1v) is 6.14. The van der Waals surface area contributed by atoms with Crippen molar-refractivity contribution in [1.29, 1.82) is 0 Å². The molecule has 18 heavy (non-hydrogen) atoms. The van der Waals surface area contributed by atoms with Gasteiger partial charge >= 0.3 is 6.09 Å². The second-order valence-corrected chi connectivity index (χ2v) is 5.15. The number of hydrogen-bond acceptors (Lipinski definition) is 3. The van der Waals surface area contributed by atoms with E-state index in [1.165, 1.54) is 24.2 Å². The van der Waals surface area contributed by atoms with Crippen molar-refractivity contribution in [1.82, 2.24) is 9.88 Å². The largest absolute Gasteiger partial charge is 0.489 e. The molecule has 1 amide bonds. The van der Waals surface area contributed by atoms with Crippen LogP contribution in [-0.4, -0.2) is 40.3 Å². The SMILES string of the molecule is CN(C(=O)O)C1(COc2cnc(F)c(Br)c2)CC1. The summed E-state index contributed by atoms with van der Waals surface area (Å²) in [6, 6.07) is 1.47. The van der Waals surface area contributed by atoms with Crippen molar-refractivity contribution in [2.24, 2.45) is 0 Å². The average Bonchev–Trinajstić information content (AvgIpc) is 3.11. The minimum atomic E-state index is -0.977. The van der Waals surface area contributed by atoms with Crippen LogP contribution in [-0.2, 0) is 0 Å². The molecule has 0 bridgehead atoms. The van der Waals surface area contributed by atoms with E-state index in [4.69, 9.17) is 9.84 Å². The summed E-state index contributed by atoms with van der Waals surface area (Å²) in [5, 5.41) is 8.94. The Labute approximate surface area is 112 Å². The Balaban J connectivity index is 1.99. The van der Waals surface area contributed by atoms with Gasteiger partial charge in [0, 0.05) is 13.1 Å². The molecule has 1 N–H and O–H groups in total. The smallest absolute Gasteiger partial charge is 0.407 e. The molecular formula is C11H12BrFN2O3. The Morgan fingerprint density at radius 3 is 2.89 bits per heavy atom. The first kappa shape index (κ1) is 13.1. The summed E-state index contributed by atoms with van der Waals surface area (Å²) in [6.45, 7) is 0.246. The lowest BCUT2D eigenvalue weighted by atomic mass is 10.2. The molecule has 0 unspecified atom stereocenters. The van der Waals surface area contributed by atoms with E-state index in [9.17, 15) is 9.18 Å². The second-order valence-electron chi connectivity index (χ2n) is 4.30. The topological polar surface area (TPSA) is 62.7 Å². The molecule has 1 heterocycles. The van der Waals surface area contributed by atoms with Crippen molar-refractivity contribution in [3.8, 4) is 5.75 Å². The maximum absolute atomic E-state index is 12.9. The van der Waals surface area contributed by atoms with Crippen LogP contribution in [0.25, 0.3) is 0 Å². The molecule has 1 aliphatic rings. The number of pyridine rings is 1. The Morgan fingerprint density at radius 2 is 2.39 bits per heavy atom. The zero-order valence-electron chi connectivity index (χ0n) is 9.69. The fourth-order valence-electron chi connectivity index (χ4n) is 1.62. The first-order chi connectivity index (χ1) is 8.44. The highest BCUT2D eigenvalue weighted by atomic mass is 79.9. The molecule has 1 aromatic rings. The van der Waals surface area contributed by atoms with E-state index in [-0.39, 0.29) is 11.1 Å². The molecule has 1 fully saturated rings. The van der Waals surface area contributed by atoms with E-state index < -0.39 is 17.6 Å². The summed E-state index contributed by atoms with van der Waals surface area (Å²) >= 11 is 3.01. The van der Waals surface area contributed by atoms with Gasteiger partial charge in [-0.05, 0) is 28.8 Å². The minimum Gasteiger partial charge on any atom is -0.489 e. The number of nitrogens with zero attached hydrogens (tertiary/aromatic N) is 2. The van der Waals surface area contributed by atoms with Crippen LogP contribution in [0.1, 0.15) is 12.8 Å². The third kappa shape index (κ3) is 2.55. The fourth-order valence-corrected chi connectivity index (χ4v) is 1.95. The van der Waals surface area contributed by atoms with Gasteiger partial charge in [-0.1, -0.05) is 0 Å². The van der Waals surface area contributed by atoms with Crippen molar-refractivity contribution in [2.45, 2.75) is 18.4 Å². The molecule has 0 saturated heterocycles. The minimum absolute atomic E-state index is 0.219. The van der Waals surface area contributed by atoms with Crippen molar-refractivity contribution in [3.05, 3.63) is 22.7 Å². The number of carboxylic acid groups (broad SMARTS) is 1. The first-order valence-electron chi connectivity index (χ1n) is 5.35. The van der Waals surface area contributed by atoms with E-state index in [1.54, 1.807) is 0 Å². The maximum atomic E-state index is 12.9. The molecule has 0 radical (unpaired) electrons. The summed E-state index contributed by atoms with van der Waals surface area (Å²) in [5.41, 5.74) is -0.452. The summed E-state index contributed by atoms with van der Waals surface area (Å²) in [4.78, 5) is 15.7. The predicted molar refractivity (Wildman–Crippen MR) is 65.1 cm³/mol. The van der Waals surface area contributed by atoms with Gasteiger partial charge < -0.3 is 14.7 Å². The van der Waals surface area contributed by atoms with E-state index in [2.05, 4.69) is 20.9 Å². The molecule has 98 valence electrons. The number of hydrogen-bond donors (Lipinski definition) is 1. The monoisotopic (exact) mass is 318 g/mol. The van der Waals surface area contributed by atoms with Crippen LogP contribution in [0.2, 0.25) is 0 Å². The van der Waals surface area contributed by atoms with Crippen LogP contribution in [0.5, 0.6) is 5.75 Å². The van der Waals surface area contributed by atoms with E-state index in [0.29, 0.717) is 5.75 Å². The summed E-state index contributed by atoms with van der Waals surface area (Å²) in [6.07, 6.45) is 1.84. The van der Waals surface area contributed by atoms with Gasteiger partial charge in [0.1, 0.15) is 12.4 Å². The highest BCUT2D eigenvalue weighted by molar-refractivity contribution is 9.10. The lowest BCUT2D eigenvalue weighted by molar-refractivity contribution is 0.109. The third-order valence-electron chi connectivity index (χ3n) is 3.10. The molecule has 0 spiro atoms. The maximum Gasteiger partial charge on any atom is 0.407 e. The lowest BCUT2D eigenvalue weighted by Crippen LogP contribution is -2.42. The van der Waals surface area contributed by atoms with Gasteiger partial charge in [-0.2, -0.15) is 4.39 Å². The average molecular weight is 319 g/mol. The van der Waals surface area contributed by atoms with Gasteiger partial charge in [-0.15, -0.1) is 0 Å². The normalized spacial score (nSPS) is 16.2. The van der Waals surface area contributed by atoms with Crippen molar-refractivity contribution >= 4 is 22.0 Å². The number of ether oxygens (including phenoxy) is 1. The number of aromatic nitrogens is 1. The van der Waals surface area contributed by atoms with Crippen LogP contribution in [0.15, 0.2) is 16.7 Å².